The molecule has 52 valence electrons. The highest BCUT2D eigenvalue weighted by atomic mass is 16.6. The van der Waals surface area contributed by atoms with Gasteiger partial charge in [0.2, 0.25) is 0 Å². The van der Waals surface area contributed by atoms with E-state index in [1.807, 2.05) is 0 Å². The van der Waals surface area contributed by atoms with Crippen molar-refractivity contribution in [1.29, 1.82) is 0 Å². The largest absolute Gasteiger partial charge is 0.399 e. The SMILES string of the molecule is CON=C1CNC[C@@H]1O. The van der Waals surface area contributed by atoms with Gasteiger partial charge in [-0.15, -0.1) is 0 Å². The second-order valence-corrected chi connectivity index (χ2v) is 1.91. The van der Waals surface area contributed by atoms with Crippen molar-refractivity contribution in [2.24, 2.45) is 5.16 Å². The monoisotopic (exact) mass is 130 g/mol. The quantitative estimate of drug-likeness (QED) is 0.445. The van der Waals surface area contributed by atoms with Crippen LogP contribution in [0.25, 0.3) is 0 Å². The first-order chi connectivity index (χ1) is 4.34. The highest BCUT2D eigenvalue weighted by Gasteiger charge is 2.19. The van der Waals surface area contributed by atoms with Crippen molar-refractivity contribution < 1.29 is 9.94 Å². The average Bonchev–Trinajstić information content (AvgIpc) is 2.18. The summed E-state index contributed by atoms with van der Waals surface area (Å²) in [5.74, 6) is 0. The zero-order chi connectivity index (χ0) is 6.69. The molecule has 1 atom stereocenters. The lowest BCUT2D eigenvalue weighted by Gasteiger charge is -1.97. The Bertz CT molecular complexity index is 124. The molecule has 0 bridgehead atoms. The van der Waals surface area contributed by atoms with Gasteiger partial charge >= 0.3 is 0 Å². The molecule has 2 N–H and O–H groups in total. The summed E-state index contributed by atoms with van der Waals surface area (Å²) in [6.07, 6.45) is -0.454. The molecule has 1 aliphatic rings. The molecule has 1 saturated heterocycles. The molecule has 0 aliphatic carbocycles. The van der Waals surface area contributed by atoms with Gasteiger partial charge in [0.25, 0.3) is 0 Å². The van der Waals surface area contributed by atoms with Crippen molar-refractivity contribution in [3.63, 3.8) is 0 Å². The lowest BCUT2D eigenvalue weighted by atomic mass is 10.3. The predicted molar refractivity (Wildman–Crippen MR) is 33.3 cm³/mol. The fourth-order valence-electron chi connectivity index (χ4n) is 0.783. The highest BCUT2D eigenvalue weighted by molar-refractivity contribution is 5.91. The van der Waals surface area contributed by atoms with E-state index in [0.717, 1.165) is 0 Å². The van der Waals surface area contributed by atoms with Crippen molar-refractivity contribution in [3.8, 4) is 0 Å². The molecule has 0 saturated carbocycles. The summed E-state index contributed by atoms with van der Waals surface area (Å²) >= 11 is 0. The average molecular weight is 130 g/mol. The van der Waals surface area contributed by atoms with Crippen LogP contribution in [0.4, 0.5) is 0 Å². The summed E-state index contributed by atoms with van der Waals surface area (Å²) < 4.78 is 0. The lowest BCUT2D eigenvalue weighted by Crippen LogP contribution is -2.17. The molecule has 1 rings (SSSR count). The van der Waals surface area contributed by atoms with Gasteiger partial charge in [0.05, 0.1) is 0 Å². The number of hydrogen-bond donors (Lipinski definition) is 2. The molecule has 0 spiro atoms. The standard InChI is InChI=1S/C5H10N2O2/c1-9-7-4-2-6-3-5(4)8/h5-6,8H,2-3H2,1H3/t5-/m0/s1. The molecular weight excluding hydrogens is 120 g/mol. The summed E-state index contributed by atoms with van der Waals surface area (Å²) in [6, 6.07) is 0. The number of aliphatic hydroxyl groups excluding tert-OH is 1. The van der Waals surface area contributed by atoms with E-state index in [9.17, 15) is 0 Å². The number of hydrogen-bond acceptors (Lipinski definition) is 4. The molecule has 1 heterocycles. The van der Waals surface area contributed by atoms with E-state index in [4.69, 9.17) is 5.11 Å². The van der Waals surface area contributed by atoms with Crippen LogP contribution in [0, 0.1) is 0 Å². The minimum atomic E-state index is -0.454. The Morgan fingerprint density at radius 3 is 3.11 bits per heavy atom. The summed E-state index contributed by atoms with van der Waals surface area (Å²) in [4.78, 5) is 4.48. The first-order valence-electron chi connectivity index (χ1n) is 2.83. The molecule has 9 heavy (non-hydrogen) atoms. The van der Waals surface area contributed by atoms with Gasteiger partial charge in [-0.3, -0.25) is 0 Å². The third-order valence-corrected chi connectivity index (χ3v) is 1.24. The van der Waals surface area contributed by atoms with E-state index in [0.29, 0.717) is 18.8 Å². The van der Waals surface area contributed by atoms with Crippen molar-refractivity contribution in [3.05, 3.63) is 0 Å². The van der Waals surface area contributed by atoms with Gasteiger partial charge in [-0.05, 0) is 0 Å². The molecule has 0 aromatic rings. The van der Waals surface area contributed by atoms with Crippen molar-refractivity contribution in [2.75, 3.05) is 20.2 Å². The molecule has 0 amide bonds. The second-order valence-electron chi connectivity index (χ2n) is 1.91. The summed E-state index contributed by atoms with van der Waals surface area (Å²) in [5, 5.41) is 15.6. The van der Waals surface area contributed by atoms with Gasteiger partial charge in [-0.2, -0.15) is 0 Å². The predicted octanol–water partition coefficient (Wildman–Crippen LogP) is -1.05. The number of oxime groups is 1. The molecule has 1 fully saturated rings. The van der Waals surface area contributed by atoms with Crippen LogP contribution >= 0.6 is 0 Å². The smallest absolute Gasteiger partial charge is 0.109 e. The third-order valence-electron chi connectivity index (χ3n) is 1.24. The van der Waals surface area contributed by atoms with Gasteiger partial charge in [0.15, 0.2) is 0 Å². The Morgan fingerprint density at radius 2 is 2.67 bits per heavy atom. The van der Waals surface area contributed by atoms with Crippen LogP contribution in [0.15, 0.2) is 5.16 Å². The highest BCUT2D eigenvalue weighted by Crippen LogP contribution is 1.94. The normalized spacial score (nSPS) is 31.3. The van der Waals surface area contributed by atoms with Crippen molar-refractivity contribution >= 4 is 5.71 Å². The summed E-state index contributed by atoms with van der Waals surface area (Å²) in [6.45, 7) is 1.22. The first kappa shape index (κ1) is 6.51. The molecule has 0 radical (unpaired) electrons. The number of β-amino-alcohol motifs (C(OH)–C–C–N with tert-alkyl or cyclic N) is 1. The maximum Gasteiger partial charge on any atom is 0.109 e. The topological polar surface area (TPSA) is 53.8 Å². The molecule has 0 aromatic carbocycles. The minimum absolute atomic E-state index is 0.454. The molecular formula is C5H10N2O2. The van der Waals surface area contributed by atoms with E-state index >= 15 is 0 Å². The van der Waals surface area contributed by atoms with Crippen LogP contribution in [-0.2, 0) is 4.84 Å². The summed E-state index contributed by atoms with van der Waals surface area (Å²) in [7, 11) is 1.47. The first-order valence-corrected chi connectivity index (χ1v) is 2.83. The maximum absolute atomic E-state index is 9.05. The van der Waals surface area contributed by atoms with Crippen LogP contribution in [0.1, 0.15) is 0 Å². The van der Waals surface area contributed by atoms with Crippen LogP contribution in [0.3, 0.4) is 0 Å². The minimum Gasteiger partial charge on any atom is -0.399 e. The van der Waals surface area contributed by atoms with Gasteiger partial charge < -0.3 is 15.3 Å². The Morgan fingerprint density at radius 1 is 1.89 bits per heavy atom. The van der Waals surface area contributed by atoms with E-state index in [-0.39, 0.29) is 0 Å². The van der Waals surface area contributed by atoms with Crippen molar-refractivity contribution in [2.45, 2.75) is 6.10 Å². The number of rotatable bonds is 1. The Kier molecular flexibility index (Phi) is 2.02. The second kappa shape index (κ2) is 2.80. The maximum atomic E-state index is 9.05. The third kappa shape index (κ3) is 1.40. The molecule has 1 aliphatic heterocycles. The van der Waals surface area contributed by atoms with Crippen LogP contribution < -0.4 is 5.32 Å². The van der Waals surface area contributed by atoms with Gasteiger partial charge in [-0.25, -0.2) is 0 Å². The number of nitrogens with one attached hydrogen (secondary N) is 1. The molecule has 0 aromatic heterocycles. The van der Waals surface area contributed by atoms with E-state index in [1.165, 1.54) is 7.11 Å². The number of aliphatic hydroxyl groups is 1. The zero-order valence-electron chi connectivity index (χ0n) is 5.29. The van der Waals surface area contributed by atoms with E-state index < -0.39 is 6.10 Å². The Balaban J connectivity index is 2.48. The van der Waals surface area contributed by atoms with E-state index in [2.05, 4.69) is 15.3 Å². The lowest BCUT2D eigenvalue weighted by molar-refractivity contribution is 0.200. The van der Waals surface area contributed by atoms with E-state index in [1.54, 1.807) is 0 Å². The van der Waals surface area contributed by atoms with Gasteiger partial charge in [0, 0.05) is 13.1 Å². The Labute approximate surface area is 53.5 Å². The molecule has 4 nitrogen and oxygen atoms in total. The van der Waals surface area contributed by atoms with Gasteiger partial charge in [-0.1, -0.05) is 5.16 Å². The fourth-order valence-corrected chi connectivity index (χ4v) is 0.783. The van der Waals surface area contributed by atoms with Crippen molar-refractivity contribution in [1.82, 2.24) is 5.32 Å². The van der Waals surface area contributed by atoms with Crippen LogP contribution in [-0.4, -0.2) is 37.1 Å². The van der Waals surface area contributed by atoms with Gasteiger partial charge in [0.1, 0.15) is 18.9 Å². The summed E-state index contributed by atoms with van der Waals surface area (Å²) in [5.41, 5.74) is 0.678. The zero-order valence-corrected chi connectivity index (χ0v) is 5.29. The molecule has 4 heteroatoms. The van der Waals surface area contributed by atoms with Crippen LogP contribution in [0.5, 0.6) is 0 Å². The van der Waals surface area contributed by atoms with Crippen LogP contribution in [0.2, 0.25) is 0 Å². The molecule has 0 unspecified atom stereocenters. The fraction of sp³-hybridized carbons (Fsp3) is 0.800. The number of nitrogens with zero attached hydrogens (tertiary/aromatic N) is 1. The Hall–Kier alpha value is -0.610.